The Hall–Kier alpha value is -2.34. The number of rotatable bonds is 6. The number of para-hydroxylation sites is 1. The van der Waals surface area contributed by atoms with Crippen LogP contribution in [0.15, 0.2) is 34.9 Å². The first-order valence-electron chi connectivity index (χ1n) is 9.70. The number of nitrogens with one attached hydrogen (secondary N) is 1. The average molecular weight is 371 g/mol. The molecule has 6 heteroatoms. The van der Waals surface area contributed by atoms with E-state index < -0.39 is 12.1 Å². The summed E-state index contributed by atoms with van der Waals surface area (Å²) in [5.41, 5.74) is 7.65. The second-order valence-corrected chi connectivity index (χ2v) is 7.81. The first kappa shape index (κ1) is 19.4. The summed E-state index contributed by atoms with van der Waals surface area (Å²) in [6.07, 6.45) is 4.48. The summed E-state index contributed by atoms with van der Waals surface area (Å²) in [6, 6.07) is 6.89. The van der Waals surface area contributed by atoms with Crippen molar-refractivity contribution in [2.24, 2.45) is 11.7 Å². The van der Waals surface area contributed by atoms with Crippen molar-refractivity contribution in [3.63, 3.8) is 0 Å². The van der Waals surface area contributed by atoms with Crippen molar-refractivity contribution in [2.45, 2.75) is 58.2 Å². The molecular formula is C21H29N3O3. The van der Waals surface area contributed by atoms with Gasteiger partial charge in [0.05, 0.1) is 12.3 Å². The number of hydrogen-bond acceptors (Lipinski definition) is 4. The number of nitrogens with zero attached hydrogens (tertiary/aromatic N) is 1. The van der Waals surface area contributed by atoms with Gasteiger partial charge in [-0.05, 0) is 38.2 Å². The highest BCUT2D eigenvalue weighted by molar-refractivity contribution is 5.90. The Labute approximate surface area is 160 Å². The lowest BCUT2D eigenvalue weighted by molar-refractivity contribution is -0.138. The van der Waals surface area contributed by atoms with Crippen molar-refractivity contribution < 1.29 is 14.0 Å². The summed E-state index contributed by atoms with van der Waals surface area (Å²) in [5.74, 6) is -0.316. The molecule has 1 fully saturated rings. The Morgan fingerprint density at radius 3 is 2.74 bits per heavy atom. The highest BCUT2D eigenvalue weighted by Crippen LogP contribution is 2.28. The fourth-order valence-electron chi connectivity index (χ4n) is 3.76. The van der Waals surface area contributed by atoms with E-state index >= 15 is 0 Å². The predicted molar refractivity (Wildman–Crippen MR) is 105 cm³/mol. The average Bonchev–Trinajstić information content (AvgIpc) is 3.26. The minimum atomic E-state index is -0.634. The molecule has 3 N–H and O–H groups in total. The number of carbonyl (C=O) groups is 2. The third kappa shape index (κ3) is 4.16. The lowest BCUT2D eigenvalue weighted by atomic mass is 9.99. The SMILES string of the molecule is CC(C)[C@H](NC(=O)[C@H](C)N)C(=O)N1CCC[C@H]1Cc1coc2ccccc12. The van der Waals surface area contributed by atoms with E-state index in [1.54, 1.807) is 13.2 Å². The van der Waals surface area contributed by atoms with Crippen LogP contribution in [0.2, 0.25) is 0 Å². The van der Waals surface area contributed by atoms with Crippen molar-refractivity contribution >= 4 is 22.8 Å². The van der Waals surface area contributed by atoms with Crippen molar-refractivity contribution in [1.82, 2.24) is 10.2 Å². The number of likely N-dealkylation sites (tertiary alicyclic amines) is 1. The molecule has 0 aliphatic carbocycles. The van der Waals surface area contributed by atoms with E-state index in [9.17, 15) is 9.59 Å². The molecule has 0 bridgehead atoms. The number of carbonyl (C=O) groups excluding carboxylic acids is 2. The molecule has 1 aromatic heterocycles. The zero-order valence-electron chi connectivity index (χ0n) is 16.3. The van der Waals surface area contributed by atoms with Crippen LogP contribution in [0.25, 0.3) is 11.0 Å². The summed E-state index contributed by atoms with van der Waals surface area (Å²) in [4.78, 5) is 27.2. The molecule has 146 valence electrons. The van der Waals surface area contributed by atoms with Gasteiger partial charge in [0.2, 0.25) is 11.8 Å². The van der Waals surface area contributed by atoms with E-state index in [1.807, 2.05) is 36.9 Å². The van der Waals surface area contributed by atoms with Crippen molar-refractivity contribution in [3.8, 4) is 0 Å². The maximum atomic E-state index is 13.2. The Morgan fingerprint density at radius 2 is 2.04 bits per heavy atom. The number of benzene rings is 1. The minimum absolute atomic E-state index is 0.00351. The molecule has 0 spiro atoms. The number of amides is 2. The van der Waals surface area contributed by atoms with Crippen LogP contribution < -0.4 is 11.1 Å². The molecular weight excluding hydrogens is 342 g/mol. The maximum absolute atomic E-state index is 13.2. The smallest absolute Gasteiger partial charge is 0.245 e. The van der Waals surface area contributed by atoms with Gasteiger partial charge in [0.25, 0.3) is 0 Å². The van der Waals surface area contributed by atoms with Crippen LogP contribution in [-0.2, 0) is 16.0 Å². The van der Waals surface area contributed by atoms with Crippen molar-refractivity contribution in [1.29, 1.82) is 0 Å². The summed E-state index contributed by atoms with van der Waals surface area (Å²) < 4.78 is 5.65. The maximum Gasteiger partial charge on any atom is 0.245 e. The van der Waals surface area contributed by atoms with Gasteiger partial charge in [-0.1, -0.05) is 32.0 Å². The molecule has 2 amide bonds. The van der Waals surface area contributed by atoms with Gasteiger partial charge in [-0.15, -0.1) is 0 Å². The molecule has 0 unspecified atom stereocenters. The number of hydrogen-bond donors (Lipinski definition) is 2. The topological polar surface area (TPSA) is 88.6 Å². The van der Waals surface area contributed by atoms with Crippen molar-refractivity contribution in [3.05, 3.63) is 36.1 Å². The minimum Gasteiger partial charge on any atom is -0.464 e. The van der Waals surface area contributed by atoms with Gasteiger partial charge in [-0.3, -0.25) is 9.59 Å². The van der Waals surface area contributed by atoms with E-state index in [0.29, 0.717) is 0 Å². The van der Waals surface area contributed by atoms with Crippen LogP contribution in [0, 0.1) is 5.92 Å². The molecule has 0 saturated carbocycles. The third-order valence-corrected chi connectivity index (χ3v) is 5.32. The summed E-state index contributed by atoms with van der Waals surface area (Å²) in [7, 11) is 0. The van der Waals surface area contributed by atoms with E-state index in [1.165, 1.54) is 0 Å². The Morgan fingerprint density at radius 1 is 1.30 bits per heavy atom. The van der Waals surface area contributed by atoms with Crippen LogP contribution >= 0.6 is 0 Å². The normalized spacial score (nSPS) is 19.4. The lowest BCUT2D eigenvalue weighted by Gasteiger charge is -2.31. The lowest BCUT2D eigenvalue weighted by Crippen LogP contribution is -2.55. The molecule has 0 radical (unpaired) electrons. The summed E-state index contributed by atoms with van der Waals surface area (Å²) in [5, 5.41) is 3.93. The molecule has 1 aliphatic heterocycles. The summed E-state index contributed by atoms with van der Waals surface area (Å²) in [6.45, 7) is 6.23. The molecule has 1 aromatic carbocycles. The van der Waals surface area contributed by atoms with Crippen LogP contribution in [0.4, 0.5) is 0 Å². The number of furan rings is 1. The van der Waals surface area contributed by atoms with E-state index in [2.05, 4.69) is 11.4 Å². The predicted octanol–water partition coefficient (Wildman–Crippen LogP) is 2.45. The molecule has 2 aromatic rings. The Bertz CT molecular complexity index is 812. The quantitative estimate of drug-likeness (QED) is 0.816. The number of fused-ring (bicyclic) bond motifs is 1. The molecule has 1 saturated heterocycles. The second kappa shape index (κ2) is 8.13. The van der Waals surface area contributed by atoms with Crippen LogP contribution in [0.1, 0.15) is 39.2 Å². The number of nitrogens with two attached hydrogens (primary N) is 1. The van der Waals surface area contributed by atoms with Gasteiger partial charge in [-0.2, -0.15) is 0 Å². The van der Waals surface area contributed by atoms with Gasteiger partial charge in [0.1, 0.15) is 11.6 Å². The van der Waals surface area contributed by atoms with Gasteiger partial charge in [-0.25, -0.2) is 0 Å². The van der Waals surface area contributed by atoms with Crippen LogP contribution in [-0.4, -0.2) is 41.4 Å². The zero-order chi connectivity index (χ0) is 19.6. The highest BCUT2D eigenvalue weighted by Gasteiger charge is 2.35. The van der Waals surface area contributed by atoms with Gasteiger partial charge < -0.3 is 20.4 Å². The van der Waals surface area contributed by atoms with Gasteiger partial charge in [0, 0.05) is 23.5 Å². The van der Waals surface area contributed by atoms with Crippen molar-refractivity contribution in [2.75, 3.05) is 6.54 Å². The zero-order valence-corrected chi connectivity index (χ0v) is 16.3. The monoisotopic (exact) mass is 371 g/mol. The summed E-state index contributed by atoms with van der Waals surface area (Å²) >= 11 is 0. The molecule has 1 aliphatic rings. The third-order valence-electron chi connectivity index (χ3n) is 5.32. The molecule has 3 atom stereocenters. The second-order valence-electron chi connectivity index (χ2n) is 7.81. The first-order valence-corrected chi connectivity index (χ1v) is 9.70. The first-order chi connectivity index (χ1) is 12.9. The van der Waals surface area contributed by atoms with E-state index in [0.717, 1.165) is 42.3 Å². The van der Waals surface area contributed by atoms with Gasteiger partial charge in [0.15, 0.2) is 0 Å². The highest BCUT2D eigenvalue weighted by atomic mass is 16.3. The van der Waals surface area contributed by atoms with E-state index in [-0.39, 0.29) is 23.8 Å². The largest absolute Gasteiger partial charge is 0.464 e. The van der Waals surface area contributed by atoms with E-state index in [4.69, 9.17) is 10.2 Å². The standard InChI is InChI=1S/C21H29N3O3/c1-13(2)19(23-20(25)14(3)22)21(26)24-10-6-7-16(24)11-15-12-27-18-9-5-4-8-17(15)18/h4-5,8-9,12-14,16,19H,6-7,10-11,22H2,1-3H3,(H,23,25)/t14-,16-,19-/m0/s1. The molecule has 27 heavy (non-hydrogen) atoms. The van der Waals surface area contributed by atoms with Gasteiger partial charge >= 0.3 is 0 Å². The molecule has 3 rings (SSSR count). The molecule has 2 heterocycles. The Kier molecular flexibility index (Phi) is 5.85. The fraction of sp³-hybridized carbons (Fsp3) is 0.524. The Balaban J connectivity index is 1.76. The molecule has 6 nitrogen and oxygen atoms in total. The van der Waals surface area contributed by atoms with Crippen LogP contribution in [0.5, 0.6) is 0 Å². The van der Waals surface area contributed by atoms with Crippen LogP contribution in [0.3, 0.4) is 0 Å². The fourth-order valence-corrected chi connectivity index (χ4v) is 3.76.